The van der Waals surface area contributed by atoms with Crippen LogP contribution in [0.5, 0.6) is 11.5 Å². The number of carbonyl (C=O) groups is 3. The van der Waals surface area contributed by atoms with Gasteiger partial charge in [-0.3, -0.25) is 14.4 Å². The first-order valence-electron chi connectivity index (χ1n) is 12.3. The molecule has 9 nitrogen and oxygen atoms in total. The van der Waals surface area contributed by atoms with E-state index in [0.29, 0.717) is 32.2 Å². The van der Waals surface area contributed by atoms with Crippen molar-refractivity contribution in [3.8, 4) is 11.5 Å². The van der Waals surface area contributed by atoms with Crippen LogP contribution >= 0.6 is 0 Å². The van der Waals surface area contributed by atoms with Gasteiger partial charge in [0.2, 0.25) is 5.91 Å². The highest BCUT2D eigenvalue weighted by atomic mass is 19.1. The van der Waals surface area contributed by atoms with E-state index in [2.05, 4.69) is 10.6 Å². The normalized spacial score (nSPS) is 26.2. The number of hydrogen-bond acceptors (Lipinski definition) is 6. The van der Waals surface area contributed by atoms with Gasteiger partial charge >= 0.3 is 5.97 Å². The zero-order valence-corrected chi connectivity index (χ0v) is 21.6. The average molecular weight is 509 g/mol. The van der Waals surface area contributed by atoms with Gasteiger partial charge in [0.05, 0.1) is 49.4 Å². The van der Waals surface area contributed by atoms with Crippen molar-refractivity contribution in [1.82, 2.24) is 10.6 Å². The van der Waals surface area contributed by atoms with Gasteiger partial charge < -0.3 is 30.0 Å². The molecule has 10 heteroatoms. The summed E-state index contributed by atoms with van der Waals surface area (Å²) in [6.45, 7) is 8.58. The molecule has 1 heterocycles. The van der Waals surface area contributed by atoms with E-state index < -0.39 is 35.1 Å². The molecule has 1 saturated carbocycles. The Bertz CT molecular complexity index is 983. The van der Waals surface area contributed by atoms with Crippen LogP contribution in [0.3, 0.4) is 0 Å². The Balaban J connectivity index is 1.70. The van der Waals surface area contributed by atoms with Crippen molar-refractivity contribution in [2.24, 2.45) is 16.7 Å². The lowest BCUT2D eigenvalue weighted by molar-refractivity contribution is -0.150. The molecule has 0 spiro atoms. The predicted molar refractivity (Wildman–Crippen MR) is 130 cm³/mol. The first-order valence-corrected chi connectivity index (χ1v) is 12.3. The monoisotopic (exact) mass is 508 g/mol. The number of aliphatic carboxylic acids is 1. The maximum Gasteiger partial charge on any atom is 0.309 e. The van der Waals surface area contributed by atoms with Crippen LogP contribution in [-0.4, -0.2) is 61.9 Å². The number of rotatable bonds is 8. The second kappa shape index (κ2) is 11.0. The van der Waals surface area contributed by atoms with Crippen molar-refractivity contribution < 1.29 is 38.1 Å². The number of ether oxygens (including phenoxy) is 3. The molecule has 36 heavy (non-hydrogen) atoms. The van der Waals surface area contributed by atoms with Crippen molar-refractivity contribution in [2.45, 2.75) is 65.5 Å². The molecule has 2 atom stereocenters. The molecule has 1 aromatic carbocycles. The van der Waals surface area contributed by atoms with Gasteiger partial charge in [-0.05, 0) is 44.1 Å². The largest absolute Gasteiger partial charge is 0.496 e. The number of carboxylic acids is 1. The molecule has 2 fully saturated rings. The molecule has 1 aliphatic carbocycles. The van der Waals surface area contributed by atoms with E-state index in [1.54, 1.807) is 6.92 Å². The van der Waals surface area contributed by atoms with Crippen LogP contribution in [0.4, 0.5) is 4.39 Å². The Kier molecular flexibility index (Phi) is 8.48. The van der Waals surface area contributed by atoms with Crippen LogP contribution in [0.1, 0.15) is 63.7 Å². The molecule has 0 bridgehead atoms. The second-order valence-corrected chi connectivity index (χ2v) is 11.2. The molecule has 1 aliphatic heterocycles. The number of carbonyl (C=O) groups excluding carboxylic acids is 2. The molecular formula is C26H37FN2O7. The van der Waals surface area contributed by atoms with Crippen LogP contribution in [0.25, 0.3) is 0 Å². The van der Waals surface area contributed by atoms with E-state index in [0.717, 1.165) is 6.07 Å². The minimum Gasteiger partial charge on any atom is -0.496 e. The minimum atomic E-state index is -0.850. The number of halogens is 1. The molecule has 0 unspecified atom stereocenters. The number of hydrogen-bond donors (Lipinski definition) is 3. The summed E-state index contributed by atoms with van der Waals surface area (Å²) in [5, 5.41) is 15.1. The second-order valence-electron chi connectivity index (χ2n) is 11.2. The fourth-order valence-electron chi connectivity index (χ4n) is 4.40. The molecule has 200 valence electrons. The van der Waals surface area contributed by atoms with Crippen molar-refractivity contribution >= 4 is 17.8 Å². The van der Waals surface area contributed by atoms with Crippen LogP contribution in [0.15, 0.2) is 12.1 Å². The first kappa shape index (κ1) is 27.7. The Labute approximate surface area is 211 Å². The van der Waals surface area contributed by atoms with E-state index >= 15 is 0 Å². The Morgan fingerprint density at radius 1 is 1.17 bits per heavy atom. The molecule has 1 aromatic rings. The molecule has 1 saturated heterocycles. The van der Waals surface area contributed by atoms with Gasteiger partial charge in [0.1, 0.15) is 5.75 Å². The third-order valence-corrected chi connectivity index (χ3v) is 6.87. The maximum absolute atomic E-state index is 14.8. The minimum absolute atomic E-state index is 0.0343. The third kappa shape index (κ3) is 6.66. The van der Waals surface area contributed by atoms with E-state index in [4.69, 9.17) is 14.2 Å². The standard InChI is InChI=1S/C26H37FN2O7/c1-25(2,3)14-28-22(30)17-12-35-13-19(17)29-23(31)16-10-21(18(27)11-20(16)34-5)36-15-6-8-26(4,9-7-15)24(32)33/h10-11,15,17,19H,6-9,12-14H2,1-5H3,(H,28,30)(H,29,31)(H,32,33)/t15-,17-,19+,26+/m0/s1. The average Bonchev–Trinajstić information content (AvgIpc) is 3.27. The van der Waals surface area contributed by atoms with E-state index in [1.807, 2.05) is 20.8 Å². The van der Waals surface area contributed by atoms with Crippen LogP contribution in [0.2, 0.25) is 0 Å². The topological polar surface area (TPSA) is 123 Å². The summed E-state index contributed by atoms with van der Waals surface area (Å²) in [5.74, 6) is -2.89. The summed E-state index contributed by atoms with van der Waals surface area (Å²) < 4.78 is 31.3. The summed E-state index contributed by atoms with van der Waals surface area (Å²) in [6.07, 6.45) is 1.38. The van der Waals surface area contributed by atoms with Gasteiger partial charge in [-0.15, -0.1) is 0 Å². The van der Waals surface area contributed by atoms with Gasteiger partial charge in [-0.25, -0.2) is 4.39 Å². The van der Waals surface area contributed by atoms with E-state index in [1.165, 1.54) is 13.2 Å². The van der Waals surface area contributed by atoms with Crippen molar-refractivity contribution in [2.75, 3.05) is 26.9 Å². The molecule has 2 aliphatic rings. The molecule has 0 aromatic heterocycles. The zero-order valence-electron chi connectivity index (χ0n) is 21.6. The van der Waals surface area contributed by atoms with Crippen LogP contribution in [-0.2, 0) is 14.3 Å². The predicted octanol–water partition coefficient (Wildman–Crippen LogP) is 3.15. The highest BCUT2D eigenvalue weighted by Gasteiger charge is 2.39. The highest BCUT2D eigenvalue weighted by Crippen LogP contribution is 2.38. The van der Waals surface area contributed by atoms with Gasteiger partial charge in [0.25, 0.3) is 5.91 Å². The van der Waals surface area contributed by atoms with Gasteiger partial charge in [0, 0.05) is 12.6 Å². The summed E-state index contributed by atoms with van der Waals surface area (Å²) in [6, 6.07) is 1.83. The molecule has 2 amide bonds. The number of benzene rings is 1. The third-order valence-electron chi connectivity index (χ3n) is 6.87. The van der Waals surface area contributed by atoms with Crippen molar-refractivity contribution in [1.29, 1.82) is 0 Å². The van der Waals surface area contributed by atoms with Gasteiger partial charge in [-0.1, -0.05) is 20.8 Å². The number of carboxylic acid groups (broad SMARTS) is 1. The lowest BCUT2D eigenvalue weighted by Gasteiger charge is -2.34. The van der Waals surface area contributed by atoms with Crippen LogP contribution in [0, 0.1) is 22.6 Å². The van der Waals surface area contributed by atoms with E-state index in [-0.39, 0.29) is 47.7 Å². The molecular weight excluding hydrogens is 471 g/mol. The van der Waals surface area contributed by atoms with Gasteiger partial charge in [0.15, 0.2) is 11.6 Å². The van der Waals surface area contributed by atoms with Gasteiger partial charge in [-0.2, -0.15) is 0 Å². The van der Waals surface area contributed by atoms with Crippen molar-refractivity contribution in [3.05, 3.63) is 23.5 Å². The summed E-state index contributed by atoms with van der Waals surface area (Å²) in [5.41, 5.74) is -0.834. The smallest absolute Gasteiger partial charge is 0.309 e. The SMILES string of the molecule is COc1cc(F)c(O[C@H]2CC[C@@](C)(C(=O)O)CC2)cc1C(=O)N[C@@H]1COC[C@@H]1C(=O)NCC(C)(C)C. The quantitative estimate of drug-likeness (QED) is 0.493. The van der Waals surface area contributed by atoms with Crippen LogP contribution < -0.4 is 20.1 Å². The fraction of sp³-hybridized carbons (Fsp3) is 0.654. The number of nitrogens with one attached hydrogen (secondary N) is 2. The molecule has 3 rings (SSSR count). The Morgan fingerprint density at radius 2 is 1.83 bits per heavy atom. The molecule has 3 N–H and O–H groups in total. The summed E-state index contributed by atoms with van der Waals surface area (Å²) in [4.78, 5) is 37.3. The summed E-state index contributed by atoms with van der Waals surface area (Å²) in [7, 11) is 1.33. The Hall–Kier alpha value is -2.88. The fourth-order valence-corrected chi connectivity index (χ4v) is 4.40. The number of methoxy groups -OCH3 is 1. The maximum atomic E-state index is 14.8. The highest BCUT2D eigenvalue weighted by molar-refractivity contribution is 5.98. The first-order chi connectivity index (χ1) is 16.8. The lowest BCUT2D eigenvalue weighted by Crippen LogP contribution is -2.47. The van der Waals surface area contributed by atoms with E-state index in [9.17, 15) is 23.9 Å². The zero-order chi connectivity index (χ0) is 26.7. The lowest BCUT2D eigenvalue weighted by atomic mass is 9.75. The summed E-state index contributed by atoms with van der Waals surface area (Å²) >= 11 is 0. The number of amides is 2. The Morgan fingerprint density at radius 3 is 2.42 bits per heavy atom. The molecule has 0 radical (unpaired) electrons. The van der Waals surface area contributed by atoms with Crippen molar-refractivity contribution in [3.63, 3.8) is 0 Å².